The molecule has 4 aromatic carbocycles. The van der Waals surface area contributed by atoms with Crippen molar-refractivity contribution in [2.45, 2.75) is 86.7 Å². The Kier molecular flexibility index (Phi) is 13.0. The molecule has 256 valence electrons. The van der Waals surface area contributed by atoms with Gasteiger partial charge in [-0.25, -0.2) is 26.3 Å². The molecule has 0 aliphatic rings. The number of halogens is 8. The molecule has 0 N–H and O–H groups in total. The molecule has 0 aliphatic carbocycles. The highest BCUT2D eigenvalue weighted by Gasteiger charge is 2.37. The maximum Gasteiger partial charge on any atom is 0.205 e. The first-order chi connectivity index (χ1) is 21.9. The lowest BCUT2D eigenvalue weighted by molar-refractivity contribution is 0.131. The summed E-state index contributed by atoms with van der Waals surface area (Å²) in [5, 5.41) is 0. The van der Waals surface area contributed by atoms with E-state index in [1.807, 2.05) is 72.7 Å². The van der Waals surface area contributed by atoms with Crippen LogP contribution in [0.25, 0.3) is 11.1 Å². The molecule has 0 amide bonds. The molecule has 10 heteroatoms. The van der Waals surface area contributed by atoms with E-state index in [1.165, 1.54) is 32.9 Å². The summed E-state index contributed by atoms with van der Waals surface area (Å²) in [7, 11) is 0. The van der Waals surface area contributed by atoms with Crippen LogP contribution in [-0.4, -0.2) is 5.60 Å². The number of hydrogen-bond acceptors (Lipinski definition) is 2. The van der Waals surface area contributed by atoms with Crippen molar-refractivity contribution < 1.29 is 44.6 Å². The molecule has 0 spiro atoms. The van der Waals surface area contributed by atoms with Crippen molar-refractivity contribution in [3.05, 3.63) is 112 Å². The van der Waals surface area contributed by atoms with Crippen molar-refractivity contribution in [1.29, 1.82) is 0 Å². The molecule has 2 nitrogen and oxygen atoms in total. The van der Waals surface area contributed by atoms with Gasteiger partial charge >= 0.3 is 0 Å². The van der Waals surface area contributed by atoms with Crippen LogP contribution in [0.5, 0.6) is 17.2 Å². The van der Waals surface area contributed by atoms with Gasteiger partial charge in [0.1, 0.15) is 17.1 Å². The van der Waals surface area contributed by atoms with Crippen LogP contribution in [0, 0.1) is 46.5 Å². The molecule has 0 fully saturated rings. The van der Waals surface area contributed by atoms with E-state index in [0.29, 0.717) is 12.2 Å². The van der Waals surface area contributed by atoms with Gasteiger partial charge in [0.05, 0.1) is 11.1 Å². The Morgan fingerprint density at radius 3 is 1.15 bits per heavy atom. The minimum absolute atomic E-state index is 0.217. The van der Waals surface area contributed by atoms with Crippen LogP contribution in [0.3, 0.4) is 0 Å². The van der Waals surface area contributed by atoms with Crippen LogP contribution in [-0.2, 0) is 11.8 Å². The molecular weight excluding hydrogens is 628 g/mol. The maximum absolute atomic E-state index is 15.0. The normalized spacial score (nSPS) is 11.3. The van der Waals surface area contributed by atoms with E-state index in [-0.39, 0.29) is 11.4 Å². The van der Waals surface area contributed by atoms with Crippen LogP contribution in [0.1, 0.15) is 85.9 Å². The lowest BCUT2D eigenvalue weighted by atomic mass is 9.84. The Labute approximate surface area is 271 Å². The van der Waals surface area contributed by atoms with Gasteiger partial charge in [-0.1, -0.05) is 72.7 Å². The van der Waals surface area contributed by atoms with Gasteiger partial charge in [0, 0.05) is 5.56 Å². The van der Waals surface area contributed by atoms with Gasteiger partial charge in [0.15, 0.2) is 34.9 Å². The van der Waals surface area contributed by atoms with Crippen LogP contribution in [0.2, 0.25) is 0 Å². The van der Waals surface area contributed by atoms with Crippen molar-refractivity contribution >= 4 is 0 Å². The largest absolute Gasteiger partial charge is 0.488 e. The molecule has 0 radical (unpaired) electrons. The molecule has 0 saturated carbocycles. The second-order valence-corrected chi connectivity index (χ2v) is 12.0. The maximum atomic E-state index is 15.0. The summed E-state index contributed by atoms with van der Waals surface area (Å²) in [5.74, 6) is -18.3. The van der Waals surface area contributed by atoms with Gasteiger partial charge in [-0.3, -0.25) is 0 Å². The quantitative estimate of drug-likeness (QED) is 0.150. The van der Waals surface area contributed by atoms with Crippen molar-refractivity contribution in [3.8, 4) is 28.4 Å². The summed E-state index contributed by atoms with van der Waals surface area (Å²) >= 11 is 0. The molecule has 0 atom stereocenters. The Hall–Kier alpha value is -4.08. The molecule has 4 rings (SSSR count). The predicted molar refractivity (Wildman–Crippen MR) is 169 cm³/mol. The fourth-order valence-electron chi connectivity index (χ4n) is 4.49. The molecule has 0 aliphatic heterocycles. The highest BCUT2D eigenvalue weighted by Crippen LogP contribution is 2.42. The Morgan fingerprint density at radius 2 is 0.809 bits per heavy atom. The van der Waals surface area contributed by atoms with Crippen molar-refractivity contribution in [1.82, 2.24) is 0 Å². The Bertz CT molecular complexity index is 1610. The lowest BCUT2D eigenvalue weighted by Crippen LogP contribution is -2.22. The van der Waals surface area contributed by atoms with E-state index in [9.17, 15) is 26.3 Å². The zero-order chi connectivity index (χ0) is 36.0. The first-order valence-electron chi connectivity index (χ1n) is 15.2. The van der Waals surface area contributed by atoms with E-state index < -0.39 is 74.4 Å². The second kappa shape index (κ2) is 15.7. The Morgan fingerprint density at radius 1 is 0.468 bits per heavy atom. The zero-order valence-electron chi connectivity index (χ0n) is 28.2. The summed E-state index contributed by atoms with van der Waals surface area (Å²) in [6.45, 7) is 17.5. The van der Waals surface area contributed by atoms with E-state index in [4.69, 9.17) is 9.47 Å². The van der Waals surface area contributed by atoms with Crippen LogP contribution in [0.4, 0.5) is 35.1 Å². The smallest absolute Gasteiger partial charge is 0.205 e. The van der Waals surface area contributed by atoms with Crippen LogP contribution >= 0.6 is 0 Å². The van der Waals surface area contributed by atoms with Gasteiger partial charge < -0.3 is 9.47 Å². The Balaban J connectivity index is 0.00000185. The summed E-state index contributed by atoms with van der Waals surface area (Å²) in [6.07, 6.45) is 0.467. The minimum Gasteiger partial charge on any atom is -0.488 e. The molecule has 0 aromatic heterocycles. The number of rotatable bonds is 6. The summed E-state index contributed by atoms with van der Waals surface area (Å²) in [6, 6.07) is 13.1. The summed E-state index contributed by atoms with van der Waals surface area (Å²) in [5.41, 5.74) is -5.05. The average Bonchev–Trinajstić information content (AvgIpc) is 3.01. The molecule has 0 bridgehead atoms. The highest BCUT2D eigenvalue weighted by atomic mass is 19.2. The molecular formula is C37H40F8O2. The third kappa shape index (κ3) is 8.84. The van der Waals surface area contributed by atoms with Gasteiger partial charge in [-0.2, -0.15) is 8.78 Å². The van der Waals surface area contributed by atoms with E-state index in [1.54, 1.807) is 12.1 Å². The third-order valence-electron chi connectivity index (χ3n) is 6.39. The van der Waals surface area contributed by atoms with Gasteiger partial charge in [-0.05, 0) is 68.0 Å². The van der Waals surface area contributed by atoms with Crippen LogP contribution < -0.4 is 9.47 Å². The zero-order valence-corrected chi connectivity index (χ0v) is 28.2. The van der Waals surface area contributed by atoms with Crippen molar-refractivity contribution in [2.24, 2.45) is 0 Å². The molecule has 47 heavy (non-hydrogen) atoms. The topological polar surface area (TPSA) is 18.5 Å². The van der Waals surface area contributed by atoms with Gasteiger partial charge in [0.2, 0.25) is 17.4 Å². The number of ether oxygens (including phenoxy) is 2. The van der Waals surface area contributed by atoms with E-state index in [0.717, 1.165) is 11.1 Å². The van der Waals surface area contributed by atoms with E-state index in [2.05, 4.69) is 0 Å². The SMILES string of the molecule is CC.CC.CC(C)(C)Oc1ccc(Cc2ccc(Oc3c(F)c(F)c(-c4c(F)c(F)c(C(C)(C)C)c(F)c4F)c(F)c3F)cc2)cc1. The first-order valence-corrected chi connectivity index (χ1v) is 15.2. The minimum atomic E-state index is -2.30. The fourth-order valence-corrected chi connectivity index (χ4v) is 4.49. The molecule has 0 saturated heterocycles. The molecule has 0 heterocycles. The van der Waals surface area contributed by atoms with Gasteiger partial charge in [-0.15, -0.1) is 0 Å². The third-order valence-corrected chi connectivity index (χ3v) is 6.39. The summed E-state index contributed by atoms with van der Waals surface area (Å²) < 4.78 is 130. The average molecular weight is 669 g/mol. The highest BCUT2D eigenvalue weighted by molar-refractivity contribution is 5.69. The second-order valence-electron chi connectivity index (χ2n) is 12.0. The standard InChI is InChI=1S/C33H28F8O2.2C2H6/c1-32(2,3)22-27(38)23(34)20(24(35)28(22)39)21-25(36)29(40)31(30(41)26(21)37)42-18-11-7-16(8-12-18)15-17-9-13-19(14-10-17)43-33(4,5)6;2*1-2/h7-14H,15H2,1-6H3;2*1-2H3. The van der Waals surface area contributed by atoms with Gasteiger partial charge in [0.25, 0.3) is 0 Å². The van der Waals surface area contributed by atoms with Crippen molar-refractivity contribution in [2.75, 3.05) is 0 Å². The summed E-state index contributed by atoms with van der Waals surface area (Å²) in [4.78, 5) is 0. The van der Waals surface area contributed by atoms with E-state index >= 15 is 8.78 Å². The van der Waals surface area contributed by atoms with Crippen molar-refractivity contribution in [3.63, 3.8) is 0 Å². The predicted octanol–water partition coefficient (Wildman–Crippen LogP) is 12.4. The number of benzene rings is 4. The number of hydrogen-bond donors (Lipinski definition) is 0. The lowest BCUT2D eigenvalue weighted by Gasteiger charge is -2.23. The van der Waals surface area contributed by atoms with Crippen LogP contribution in [0.15, 0.2) is 48.5 Å². The first kappa shape index (κ1) is 39.1. The molecule has 4 aromatic rings. The molecule has 0 unspecified atom stereocenters. The monoisotopic (exact) mass is 668 g/mol. The fraction of sp³-hybridized carbons (Fsp3) is 0.351.